The summed E-state index contributed by atoms with van der Waals surface area (Å²) in [4.78, 5) is 30.5. The third-order valence-electron chi connectivity index (χ3n) is 3.57. The monoisotopic (exact) mass is 350 g/mol. The number of carbonyl (C=O) groups excluding carboxylic acids is 1. The second-order valence-electron chi connectivity index (χ2n) is 5.17. The Labute approximate surface area is 129 Å². The zero-order chi connectivity index (χ0) is 14.8. The van der Waals surface area contributed by atoms with Gasteiger partial charge in [-0.3, -0.25) is 14.6 Å². The number of H-pyrrole nitrogens is 1. The van der Waals surface area contributed by atoms with Gasteiger partial charge in [0, 0.05) is 24.0 Å². The van der Waals surface area contributed by atoms with Crippen LogP contribution in [0.25, 0.3) is 10.9 Å². The zero-order valence-corrected chi connectivity index (χ0v) is 12.9. The number of nitrogens with zero attached hydrogens (tertiary/aromatic N) is 1. The van der Waals surface area contributed by atoms with Gasteiger partial charge in [-0.2, -0.15) is 0 Å². The molecular weight excluding hydrogens is 336 g/mol. The van der Waals surface area contributed by atoms with E-state index in [1.165, 1.54) is 0 Å². The lowest BCUT2D eigenvalue weighted by Crippen LogP contribution is -2.36. The van der Waals surface area contributed by atoms with Crippen LogP contribution in [0, 0.1) is 5.92 Å². The average Bonchev–Trinajstić information content (AvgIpc) is 2.46. The number of halogens is 1. The highest BCUT2D eigenvalue weighted by molar-refractivity contribution is 9.10. The molecule has 1 saturated heterocycles. The summed E-state index contributed by atoms with van der Waals surface area (Å²) in [6, 6.07) is 5.40. The standard InChI is InChI=1S/C14H15BrN4O2/c15-9-1-2-11-10(6-9)13(21)19-14(18-11)17-7-8-3-4-16-12(20)5-8/h1-2,6,8H,3-5,7H2,(H,16,20)(H2,17,18,19,21). The van der Waals surface area contributed by atoms with Gasteiger partial charge in [0.15, 0.2) is 0 Å². The topological polar surface area (TPSA) is 86.9 Å². The van der Waals surface area contributed by atoms with Crippen LogP contribution in [-0.2, 0) is 4.79 Å². The lowest BCUT2D eigenvalue weighted by Gasteiger charge is -2.22. The fraction of sp³-hybridized carbons (Fsp3) is 0.357. The number of hydrogen-bond acceptors (Lipinski definition) is 4. The number of aromatic amines is 1. The molecule has 0 radical (unpaired) electrons. The van der Waals surface area contributed by atoms with E-state index < -0.39 is 0 Å². The maximum atomic E-state index is 12.0. The molecule has 1 aromatic carbocycles. The van der Waals surface area contributed by atoms with E-state index in [9.17, 15) is 9.59 Å². The summed E-state index contributed by atoms with van der Waals surface area (Å²) in [5.41, 5.74) is 0.469. The van der Waals surface area contributed by atoms with Gasteiger partial charge in [-0.15, -0.1) is 0 Å². The van der Waals surface area contributed by atoms with Crippen molar-refractivity contribution in [3.63, 3.8) is 0 Å². The maximum absolute atomic E-state index is 12.0. The minimum Gasteiger partial charge on any atom is -0.356 e. The van der Waals surface area contributed by atoms with Crippen molar-refractivity contribution in [2.24, 2.45) is 5.92 Å². The fourth-order valence-corrected chi connectivity index (χ4v) is 2.82. The van der Waals surface area contributed by atoms with E-state index in [0.717, 1.165) is 10.9 Å². The minimum absolute atomic E-state index is 0.0814. The molecule has 2 aromatic rings. The Kier molecular flexibility index (Phi) is 3.92. The number of piperidine rings is 1. The lowest BCUT2D eigenvalue weighted by atomic mass is 9.98. The summed E-state index contributed by atoms with van der Waals surface area (Å²) in [6.07, 6.45) is 1.45. The first-order chi connectivity index (χ1) is 10.1. The first-order valence-corrected chi connectivity index (χ1v) is 7.61. The van der Waals surface area contributed by atoms with Gasteiger partial charge >= 0.3 is 0 Å². The molecule has 3 N–H and O–H groups in total. The van der Waals surface area contributed by atoms with Crippen molar-refractivity contribution in [1.82, 2.24) is 15.3 Å². The van der Waals surface area contributed by atoms with Gasteiger partial charge < -0.3 is 10.6 Å². The number of anilines is 1. The smallest absolute Gasteiger partial charge is 0.260 e. The number of benzene rings is 1. The molecule has 1 aliphatic rings. The molecular formula is C14H15BrN4O2. The molecule has 3 rings (SSSR count). The first kappa shape index (κ1) is 14.1. The third-order valence-corrected chi connectivity index (χ3v) is 4.07. The number of fused-ring (bicyclic) bond motifs is 1. The molecule has 21 heavy (non-hydrogen) atoms. The van der Waals surface area contributed by atoms with E-state index >= 15 is 0 Å². The number of amides is 1. The van der Waals surface area contributed by atoms with Gasteiger partial charge in [-0.25, -0.2) is 4.98 Å². The molecule has 0 bridgehead atoms. The molecule has 1 amide bonds. The van der Waals surface area contributed by atoms with E-state index in [2.05, 4.69) is 36.5 Å². The van der Waals surface area contributed by atoms with Crippen molar-refractivity contribution < 1.29 is 4.79 Å². The molecule has 1 fully saturated rings. The van der Waals surface area contributed by atoms with Crippen molar-refractivity contribution in [3.05, 3.63) is 33.0 Å². The van der Waals surface area contributed by atoms with E-state index in [1.54, 1.807) is 12.1 Å². The Hall–Kier alpha value is -1.89. The van der Waals surface area contributed by atoms with Crippen LogP contribution in [0.1, 0.15) is 12.8 Å². The second kappa shape index (κ2) is 5.85. The van der Waals surface area contributed by atoms with Gasteiger partial charge in [0.2, 0.25) is 11.9 Å². The Morgan fingerprint density at radius 3 is 3.05 bits per heavy atom. The largest absolute Gasteiger partial charge is 0.356 e. The second-order valence-corrected chi connectivity index (χ2v) is 6.08. The van der Waals surface area contributed by atoms with Crippen LogP contribution in [0.2, 0.25) is 0 Å². The van der Waals surface area contributed by atoms with E-state index in [-0.39, 0.29) is 17.4 Å². The van der Waals surface area contributed by atoms with Crippen molar-refractivity contribution in [2.45, 2.75) is 12.8 Å². The third kappa shape index (κ3) is 3.24. The van der Waals surface area contributed by atoms with Crippen LogP contribution >= 0.6 is 15.9 Å². The van der Waals surface area contributed by atoms with Crippen molar-refractivity contribution in [2.75, 3.05) is 18.4 Å². The van der Waals surface area contributed by atoms with Crippen molar-refractivity contribution in [1.29, 1.82) is 0 Å². The lowest BCUT2D eigenvalue weighted by molar-refractivity contribution is -0.123. The SMILES string of the molecule is O=C1CC(CNc2nc3ccc(Br)cc3c(=O)[nH]2)CCN1. The highest BCUT2D eigenvalue weighted by Crippen LogP contribution is 2.17. The summed E-state index contributed by atoms with van der Waals surface area (Å²) >= 11 is 3.34. The van der Waals surface area contributed by atoms with Crippen LogP contribution in [0.5, 0.6) is 0 Å². The molecule has 6 nitrogen and oxygen atoms in total. The van der Waals surface area contributed by atoms with E-state index in [4.69, 9.17) is 0 Å². The Bertz CT molecular complexity index is 743. The van der Waals surface area contributed by atoms with Crippen LogP contribution < -0.4 is 16.2 Å². The first-order valence-electron chi connectivity index (χ1n) is 6.82. The van der Waals surface area contributed by atoms with Gasteiger partial charge in [0.25, 0.3) is 5.56 Å². The van der Waals surface area contributed by atoms with Crippen LogP contribution in [-0.4, -0.2) is 29.0 Å². The molecule has 1 atom stereocenters. The minimum atomic E-state index is -0.176. The molecule has 0 spiro atoms. The van der Waals surface area contributed by atoms with Gasteiger partial charge in [-0.05, 0) is 30.5 Å². The van der Waals surface area contributed by atoms with Crippen molar-refractivity contribution >= 4 is 38.7 Å². The number of carbonyl (C=O) groups is 1. The van der Waals surface area contributed by atoms with Gasteiger partial charge in [-0.1, -0.05) is 15.9 Å². The Balaban J connectivity index is 1.77. The van der Waals surface area contributed by atoms with Crippen molar-refractivity contribution in [3.8, 4) is 0 Å². The summed E-state index contributed by atoms with van der Waals surface area (Å²) in [7, 11) is 0. The molecule has 7 heteroatoms. The van der Waals surface area contributed by atoms with Gasteiger partial charge in [0.05, 0.1) is 10.9 Å². The van der Waals surface area contributed by atoms with Gasteiger partial charge in [0.1, 0.15) is 0 Å². The predicted octanol–water partition coefficient (Wildman–Crippen LogP) is 1.62. The number of rotatable bonds is 3. The number of aromatic nitrogens is 2. The summed E-state index contributed by atoms with van der Waals surface area (Å²) in [6.45, 7) is 1.33. The zero-order valence-electron chi connectivity index (χ0n) is 11.3. The highest BCUT2D eigenvalue weighted by Gasteiger charge is 2.18. The predicted molar refractivity (Wildman–Crippen MR) is 84.3 cm³/mol. The molecule has 1 aromatic heterocycles. The highest BCUT2D eigenvalue weighted by atomic mass is 79.9. The molecule has 1 aliphatic heterocycles. The molecule has 0 aliphatic carbocycles. The van der Waals surface area contributed by atoms with E-state index in [0.29, 0.717) is 36.4 Å². The maximum Gasteiger partial charge on any atom is 0.260 e. The number of nitrogens with one attached hydrogen (secondary N) is 3. The average molecular weight is 351 g/mol. The van der Waals surface area contributed by atoms with E-state index in [1.807, 2.05) is 6.07 Å². The summed E-state index contributed by atoms with van der Waals surface area (Å²) < 4.78 is 0.844. The summed E-state index contributed by atoms with van der Waals surface area (Å²) in [5, 5.41) is 6.48. The summed E-state index contributed by atoms with van der Waals surface area (Å²) in [5.74, 6) is 0.795. The Morgan fingerprint density at radius 1 is 1.38 bits per heavy atom. The molecule has 2 heterocycles. The Morgan fingerprint density at radius 2 is 2.24 bits per heavy atom. The van der Waals surface area contributed by atoms with Crippen LogP contribution in [0.4, 0.5) is 5.95 Å². The number of hydrogen-bond donors (Lipinski definition) is 3. The van der Waals surface area contributed by atoms with Crippen LogP contribution in [0.15, 0.2) is 27.5 Å². The fourth-order valence-electron chi connectivity index (χ4n) is 2.46. The van der Waals surface area contributed by atoms with Crippen LogP contribution in [0.3, 0.4) is 0 Å². The molecule has 110 valence electrons. The quantitative estimate of drug-likeness (QED) is 0.784. The molecule has 0 saturated carbocycles. The molecule has 1 unspecified atom stereocenters. The normalized spacial score (nSPS) is 18.5.